The van der Waals surface area contributed by atoms with E-state index in [-0.39, 0.29) is 11.9 Å². The lowest BCUT2D eigenvalue weighted by Gasteiger charge is -2.16. The summed E-state index contributed by atoms with van der Waals surface area (Å²) in [5.74, 6) is 1.58. The van der Waals surface area contributed by atoms with Crippen LogP contribution in [0.15, 0.2) is 61.2 Å². The summed E-state index contributed by atoms with van der Waals surface area (Å²) in [6.07, 6.45) is 5.95. The van der Waals surface area contributed by atoms with E-state index < -0.39 is 0 Å². The molecule has 0 fully saturated rings. The summed E-state index contributed by atoms with van der Waals surface area (Å²) in [7, 11) is 0. The van der Waals surface area contributed by atoms with E-state index in [4.69, 9.17) is 0 Å². The minimum atomic E-state index is -0.178. The lowest BCUT2D eigenvalue weighted by molar-refractivity contribution is 0.0934. The summed E-state index contributed by atoms with van der Waals surface area (Å²) in [5, 5.41) is 7.21. The van der Waals surface area contributed by atoms with Crippen LogP contribution < -0.4 is 5.32 Å². The molecular weight excluding hydrogens is 372 g/mol. The highest BCUT2D eigenvalue weighted by Crippen LogP contribution is 2.21. The minimum absolute atomic E-state index is 0.128. The molecule has 4 rings (SSSR count). The number of carbonyl (C=O) groups excluding carboxylic acids is 1. The molecule has 28 heavy (non-hydrogen) atoms. The number of nitrogens with one attached hydrogen (secondary N) is 2. The zero-order chi connectivity index (χ0) is 19.3. The Labute approximate surface area is 166 Å². The van der Waals surface area contributed by atoms with Gasteiger partial charge in [0.2, 0.25) is 0 Å². The fourth-order valence-corrected chi connectivity index (χ4v) is 3.47. The monoisotopic (exact) mass is 392 g/mol. The first-order valence-corrected chi connectivity index (χ1v) is 10.3. The number of hydrogen-bond donors (Lipinski definition) is 2. The van der Waals surface area contributed by atoms with Gasteiger partial charge in [-0.05, 0) is 54.8 Å². The van der Waals surface area contributed by atoms with E-state index in [1.165, 1.54) is 6.33 Å². The van der Waals surface area contributed by atoms with Crippen LogP contribution in [0.4, 0.5) is 0 Å². The van der Waals surface area contributed by atoms with Crippen LogP contribution in [0.25, 0.3) is 16.7 Å². The molecule has 0 saturated heterocycles. The number of amides is 1. The van der Waals surface area contributed by atoms with E-state index in [9.17, 15) is 4.79 Å². The van der Waals surface area contributed by atoms with Crippen LogP contribution in [-0.4, -0.2) is 42.6 Å². The van der Waals surface area contributed by atoms with Crippen molar-refractivity contribution < 1.29 is 4.79 Å². The molecule has 1 amide bonds. The average Bonchev–Trinajstić information content (AvgIpc) is 3.41. The Morgan fingerprint density at radius 1 is 1.21 bits per heavy atom. The second-order valence-electron chi connectivity index (χ2n) is 6.33. The second kappa shape index (κ2) is 8.26. The molecule has 2 heterocycles. The molecule has 2 aromatic carbocycles. The van der Waals surface area contributed by atoms with Gasteiger partial charge in [0, 0.05) is 5.56 Å². The van der Waals surface area contributed by atoms with Crippen LogP contribution in [0.2, 0.25) is 0 Å². The van der Waals surface area contributed by atoms with Crippen molar-refractivity contribution in [3.63, 3.8) is 0 Å². The number of fused-ring (bicyclic) bond motifs is 1. The van der Waals surface area contributed by atoms with Crippen LogP contribution in [0.3, 0.4) is 0 Å². The number of para-hydroxylation sites is 2. The molecule has 0 saturated carbocycles. The number of thioether (sulfide) groups is 1. The SMILES string of the molecule is CSCCC(NC(=O)c1ccc(-n2cncn2)cc1)c1nc2ccccc2[nH]1. The number of hydrogen-bond acceptors (Lipinski definition) is 5. The maximum absolute atomic E-state index is 12.8. The van der Waals surface area contributed by atoms with Gasteiger partial charge in [-0.15, -0.1) is 0 Å². The summed E-state index contributed by atoms with van der Waals surface area (Å²) in [5.41, 5.74) is 3.32. The van der Waals surface area contributed by atoms with Gasteiger partial charge in [-0.1, -0.05) is 12.1 Å². The Kier molecular flexibility index (Phi) is 5.38. The van der Waals surface area contributed by atoms with Crippen LogP contribution in [0, 0.1) is 0 Å². The molecule has 0 radical (unpaired) electrons. The molecule has 7 nitrogen and oxygen atoms in total. The van der Waals surface area contributed by atoms with E-state index in [0.717, 1.165) is 34.7 Å². The van der Waals surface area contributed by atoms with Crippen molar-refractivity contribution in [3.8, 4) is 5.69 Å². The smallest absolute Gasteiger partial charge is 0.251 e. The number of H-pyrrole nitrogens is 1. The highest BCUT2D eigenvalue weighted by Gasteiger charge is 2.19. The molecule has 0 aliphatic carbocycles. The summed E-state index contributed by atoms with van der Waals surface area (Å²) in [6.45, 7) is 0. The van der Waals surface area contributed by atoms with Gasteiger partial charge in [-0.25, -0.2) is 14.6 Å². The van der Waals surface area contributed by atoms with E-state index in [0.29, 0.717) is 5.56 Å². The maximum atomic E-state index is 12.8. The molecular formula is C20H20N6OS. The molecule has 2 N–H and O–H groups in total. The van der Waals surface area contributed by atoms with Crippen LogP contribution >= 0.6 is 11.8 Å². The minimum Gasteiger partial charge on any atom is -0.342 e. The van der Waals surface area contributed by atoms with E-state index in [1.54, 1.807) is 34.9 Å². The molecule has 8 heteroatoms. The zero-order valence-corrected chi connectivity index (χ0v) is 16.2. The second-order valence-corrected chi connectivity index (χ2v) is 7.32. The van der Waals surface area contributed by atoms with Gasteiger partial charge >= 0.3 is 0 Å². The molecule has 4 aromatic rings. The summed E-state index contributed by atoms with van der Waals surface area (Å²) in [6, 6.07) is 15.0. The van der Waals surface area contributed by atoms with Gasteiger partial charge in [0.15, 0.2) is 0 Å². The van der Waals surface area contributed by atoms with Gasteiger partial charge in [-0.2, -0.15) is 16.9 Å². The molecule has 1 atom stereocenters. The maximum Gasteiger partial charge on any atom is 0.251 e. The van der Waals surface area contributed by atoms with Crippen molar-refractivity contribution >= 4 is 28.7 Å². The highest BCUT2D eigenvalue weighted by molar-refractivity contribution is 7.98. The van der Waals surface area contributed by atoms with E-state index in [1.807, 2.05) is 36.4 Å². The fourth-order valence-electron chi connectivity index (χ4n) is 3.00. The quantitative estimate of drug-likeness (QED) is 0.503. The van der Waals surface area contributed by atoms with Gasteiger partial charge in [0.1, 0.15) is 18.5 Å². The van der Waals surface area contributed by atoms with Crippen molar-refractivity contribution in [3.05, 3.63) is 72.6 Å². The first kappa shape index (κ1) is 18.2. The number of rotatable bonds is 7. The summed E-state index contributed by atoms with van der Waals surface area (Å²) < 4.78 is 1.65. The Bertz CT molecular complexity index is 1020. The standard InChI is InChI=1S/C20H20N6OS/c1-28-11-10-18(19-23-16-4-2-3-5-17(16)24-19)25-20(27)14-6-8-15(9-7-14)26-13-21-12-22-26/h2-9,12-13,18H,10-11H2,1H3,(H,23,24)(H,25,27). The van der Waals surface area contributed by atoms with Gasteiger partial charge < -0.3 is 10.3 Å². The van der Waals surface area contributed by atoms with Crippen molar-refractivity contribution in [2.75, 3.05) is 12.0 Å². The normalized spacial score (nSPS) is 12.2. The molecule has 2 aromatic heterocycles. The number of carbonyl (C=O) groups is 1. The first-order chi connectivity index (χ1) is 13.7. The Morgan fingerprint density at radius 3 is 2.75 bits per heavy atom. The molecule has 0 bridgehead atoms. The lowest BCUT2D eigenvalue weighted by Crippen LogP contribution is -2.29. The Morgan fingerprint density at radius 2 is 2.04 bits per heavy atom. The lowest BCUT2D eigenvalue weighted by atomic mass is 10.1. The first-order valence-electron chi connectivity index (χ1n) is 8.94. The number of aromatic nitrogens is 5. The predicted octanol–water partition coefficient (Wildman–Crippen LogP) is 3.37. The topological polar surface area (TPSA) is 88.5 Å². The third-order valence-corrected chi connectivity index (χ3v) is 5.11. The number of nitrogens with zero attached hydrogens (tertiary/aromatic N) is 4. The number of aromatic amines is 1. The molecule has 142 valence electrons. The fraction of sp³-hybridized carbons (Fsp3) is 0.200. The van der Waals surface area contributed by atoms with Gasteiger partial charge in [0.05, 0.1) is 22.8 Å². The van der Waals surface area contributed by atoms with Gasteiger partial charge in [0.25, 0.3) is 5.91 Å². The zero-order valence-electron chi connectivity index (χ0n) is 15.4. The largest absolute Gasteiger partial charge is 0.342 e. The number of imidazole rings is 1. The summed E-state index contributed by atoms with van der Waals surface area (Å²) >= 11 is 1.75. The molecule has 0 spiro atoms. The van der Waals surface area contributed by atoms with E-state index >= 15 is 0 Å². The van der Waals surface area contributed by atoms with Gasteiger partial charge in [-0.3, -0.25) is 4.79 Å². The molecule has 1 unspecified atom stereocenters. The number of benzene rings is 2. The van der Waals surface area contributed by atoms with Crippen molar-refractivity contribution in [2.24, 2.45) is 0 Å². The third kappa shape index (κ3) is 3.91. The van der Waals surface area contributed by atoms with Crippen LogP contribution in [0.1, 0.15) is 28.6 Å². The molecule has 0 aliphatic heterocycles. The van der Waals surface area contributed by atoms with E-state index in [2.05, 4.69) is 31.6 Å². The Balaban J connectivity index is 1.53. The van der Waals surface area contributed by atoms with Crippen molar-refractivity contribution in [2.45, 2.75) is 12.5 Å². The summed E-state index contributed by atoms with van der Waals surface area (Å²) in [4.78, 5) is 24.7. The molecule has 0 aliphatic rings. The average molecular weight is 392 g/mol. The van der Waals surface area contributed by atoms with Crippen LogP contribution in [0.5, 0.6) is 0 Å². The predicted molar refractivity (Wildman–Crippen MR) is 111 cm³/mol. The van der Waals surface area contributed by atoms with Crippen molar-refractivity contribution in [1.82, 2.24) is 30.0 Å². The third-order valence-electron chi connectivity index (χ3n) is 4.47. The Hall–Kier alpha value is -3.13. The highest BCUT2D eigenvalue weighted by atomic mass is 32.2. The van der Waals surface area contributed by atoms with Crippen LogP contribution in [-0.2, 0) is 0 Å². The van der Waals surface area contributed by atoms with Crippen molar-refractivity contribution in [1.29, 1.82) is 0 Å².